The Kier molecular flexibility index (Phi) is 6.94. The van der Waals surface area contributed by atoms with E-state index in [1.807, 2.05) is 42.5 Å². The number of halogens is 1. The molecule has 0 spiro atoms. The highest BCUT2D eigenvalue weighted by atomic mass is 35.5. The molecule has 2 N–H and O–H groups in total. The van der Waals surface area contributed by atoms with Crippen LogP contribution >= 0.6 is 12.4 Å². The average Bonchev–Trinajstić information content (AvgIpc) is 2.75. The Labute approximate surface area is 177 Å². The molecule has 4 rings (SSSR count). The fourth-order valence-electron chi connectivity index (χ4n) is 3.77. The van der Waals surface area contributed by atoms with Crippen LogP contribution in [0.15, 0.2) is 60.7 Å². The van der Waals surface area contributed by atoms with E-state index in [9.17, 15) is 4.79 Å². The number of benzene rings is 2. The van der Waals surface area contributed by atoms with Crippen molar-refractivity contribution in [3.05, 3.63) is 66.2 Å². The van der Waals surface area contributed by atoms with Crippen LogP contribution in [0.25, 0.3) is 10.9 Å². The van der Waals surface area contributed by atoms with Crippen LogP contribution in [0, 0.1) is 0 Å². The molecule has 1 heterocycles. The number of ether oxygens (including phenoxy) is 1. The van der Waals surface area contributed by atoms with Crippen LogP contribution in [-0.4, -0.2) is 30.1 Å². The molecule has 0 saturated heterocycles. The van der Waals surface area contributed by atoms with Gasteiger partial charge in [-0.25, -0.2) is 4.98 Å². The molecule has 1 fully saturated rings. The molecule has 2 aromatic carbocycles. The SMILES string of the molecule is COc1cccc(C(=O)N[C@H]2CC[C@@H](Nc3ccc4ccccc4n3)CC2)c1.Cl. The maximum Gasteiger partial charge on any atom is 0.251 e. The van der Waals surface area contributed by atoms with Crippen molar-refractivity contribution in [1.82, 2.24) is 10.3 Å². The first-order chi connectivity index (χ1) is 13.7. The van der Waals surface area contributed by atoms with Crippen LogP contribution in [0.4, 0.5) is 5.82 Å². The number of carbonyl (C=O) groups is 1. The smallest absolute Gasteiger partial charge is 0.251 e. The van der Waals surface area contributed by atoms with Gasteiger partial charge in [0.05, 0.1) is 12.6 Å². The summed E-state index contributed by atoms with van der Waals surface area (Å²) in [7, 11) is 1.61. The second kappa shape index (κ2) is 9.61. The van der Waals surface area contributed by atoms with Gasteiger partial charge in [-0.3, -0.25) is 4.79 Å². The van der Waals surface area contributed by atoms with Crippen LogP contribution < -0.4 is 15.4 Å². The molecule has 152 valence electrons. The predicted molar refractivity (Wildman–Crippen MR) is 119 cm³/mol. The Morgan fingerprint density at radius 2 is 1.72 bits per heavy atom. The van der Waals surface area contributed by atoms with Crippen molar-refractivity contribution in [1.29, 1.82) is 0 Å². The number of nitrogens with one attached hydrogen (secondary N) is 2. The molecule has 1 aliphatic carbocycles. The van der Waals surface area contributed by atoms with E-state index in [1.54, 1.807) is 13.2 Å². The number of hydrogen-bond donors (Lipinski definition) is 2. The van der Waals surface area contributed by atoms with E-state index in [0.29, 0.717) is 17.4 Å². The van der Waals surface area contributed by atoms with Gasteiger partial charge in [0.2, 0.25) is 0 Å². The van der Waals surface area contributed by atoms with Gasteiger partial charge in [-0.15, -0.1) is 12.4 Å². The first-order valence-corrected chi connectivity index (χ1v) is 9.78. The van der Waals surface area contributed by atoms with E-state index in [-0.39, 0.29) is 24.4 Å². The molecular formula is C23H26ClN3O2. The second-order valence-electron chi connectivity index (χ2n) is 7.29. The Morgan fingerprint density at radius 3 is 2.52 bits per heavy atom. The summed E-state index contributed by atoms with van der Waals surface area (Å²) in [5.74, 6) is 1.58. The van der Waals surface area contributed by atoms with Gasteiger partial charge in [0, 0.05) is 23.0 Å². The van der Waals surface area contributed by atoms with Gasteiger partial charge >= 0.3 is 0 Å². The zero-order chi connectivity index (χ0) is 19.3. The Morgan fingerprint density at radius 1 is 0.966 bits per heavy atom. The molecule has 0 unspecified atom stereocenters. The van der Waals surface area contributed by atoms with Gasteiger partial charge in [-0.1, -0.05) is 24.3 Å². The molecule has 1 aromatic heterocycles. The Balaban J connectivity index is 0.00000240. The quantitative estimate of drug-likeness (QED) is 0.631. The molecule has 29 heavy (non-hydrogen) atoms. The summed E-state index contributed by atoms with van der Waals surface area (Å²) in [6.07, 6.45) is 3.94. The Bertz CT molecular complexity index is 971. The fraction of sp³-hybridized carbons (Fsp3) is 0.304. The van der Waals surface area contributed by atoms with Crippen molar-refractivity contribution in [2.45, 2.75) is 37.8 Å². The summed E-state index contributed by atoms with van der Waals surface area (Å²) in [5, 5.41) is 7.86. The molecule has 1 saturated carbocycles. The number of carbonyl (C=O) groups excluding carboxylic acids is 1. The largest absolute Gasteiger partial charge is 0.497 e. The molecular weight excluding hydrogens is 386 g/mol. The van der Waals surface area contributed by atoms with Crippen molar-refractivity contribution in [2.24, 2.45) is 0 Å². The van der Waals surface area contributed by atoms with Crippen molar-refractivity contribution < 1.29 is 9.53 Å². The fourth-order valence-corrected chi connectivity index (χ4v) is 3.77. The topological polar surface area (TPSA) is 63.2 Å². The number of anilines is 1. The summed E-state index contributed by atoms with van der Waals surface area (Å²) < 4.78 is 5.20. The lowest BCUT2D eigenvalue weighted by Crippen LogP contribution is -2.40. The minimum Gasteiger partial charge on any atom is -0.497 e. The summed E-state index contributed by atoms with van der Waals surface area (Å²) in [6, 6.07) is 20.1. The number of aromatic nitrogens is 1. The normalized spacial score (nSPS) is 18.5. The van der Waals surface area contributed by atoms with Crippen molar-refractivity contribution in [3.63, 3.8) is 0 Å². The minimum atomic E-state index is -0.0356. The number of methoxy groups -OCH3 is 1. The average molecular weight is 412 g/mol. The van der Waals surface area contributed by atoms with E-state index >= 15 is 0 Å². The summed E-state index contributed by atoms with van der Waals surface area (Å²) in [4.78, 5) is 17.2. The molecule has 6 heteroatoms. The summed E-state index contributed by atoms with van der Waals surface area (Å²) >= 11 is 0. The monoisotopic (exact) mass is 411 g/mol. The summed E-state index contributed by atoms with van der Waals surface area (Å²) in [5.41, 5.74) is 1.65. The molecule has 5 nitrogen and oxygen atoms in total. The molecule has 0 bridgehead atoms. The van der Waals surface area contributed by atoms with Crippen molar-refractivity contribution >= 4 is 35.0 Å². The number of hydrogen-bond acceptors (Lipinski definition) is 4. The van der Waals surface area contributed by atoms with Crippen LogP contribution in [0.5, 0.6) is 5.75 Å². The molecule has 0 radical (unpaired) electrons. The van der Waals surface area contributed by atoms with E-state index in [1.165, 1.54) is 0 Å². The highest BCUT2D eigenvalue weighted by molar-refractivity contribution is 5.94. The summed E-state index contributed by atoms with van der Waals surface area (Å²) in [6.45, 7) is 0. The van der Waals surface area contributed by atoms with Crippen LogP contribution in [-0.2, 0) is 0 Å². The third-order valence-corrected chi connectivity index (χ3v) is 5.34. The standard InChI is InChI=1S/C23H25N3O2.ClH/c1-28-20-7-4-6-17(15-20)23(27)25-19-12-10-18(11-13-19)24-22-14-9-16-5-2-3-8-21(16)26-22;/h2-9,14-15,18-19H,10-13H2,1H3,(H,24,26)(H,25,27);1H/t18-,19+;. The van der Waals surface area contributed by atoms with Gasteiger partial charge < -0.3 is 15.4 Å². The van der Waals surface area contributed by atoms with Crippen molar-refractivity contribution in [3.8, 4) is 5.75 Å². The van der Waals surface area contributed by atoms with E-state index in [0.717, 1.165) is 42.4 Å². The number of rotatable bonds is 5. The lowest BCUT2D eigenvalue weighted by molar-refractivity contribution is 0.0926. The Hall–Kier alpha value is -2.79. The van der Waals surface area contributed by atoms with E-state index in [4.69, 9.17) is 9.72 Å². The predicted octanol–water partition coefficient (Wildman–Crippen LogP) is 4.82. The van der Waals surface area contributed by atoms with E-state index < -0.39 is 0 Å². The van der Waals surface area contributed by atoms with Gasteiger partial charge in [-0.2, -0.15) is 0 Å². The number of fused-ring (bicyclic) bond motifs is 1. The number of para-hydroxylation sites is 1. The van der Waals surface area contributed by atoms with Crippen LogP contribution in [0.3, 0.4) is 0 Å². The first kappa shape index (κ1) is 20.9. The van der Waals surface area contributed by atoms with E-state index in [2.05, 4.69) is 22.8 Å². The van der Waals surface area contributed by atoms with Gasteiger partial charge in [0.25, 0.3) is 5.91 Å². The molecule has 0 aliphatic heterocycles. The number of pyridine rings is 1. The second-order valence-corrected chi connectivity index (χ2v) is 7.29. The van der Waals surface area contributed by atoms with Gasteiger partial charge in [0.15, 0.2) is 0 Å². The number of nitrogens with zero attached hydrogens (tertiary/aromatic N) is 1. The first-order valence-electron chi connectivity index (χ1n) is 9.78. The highest BCUT2D eigenvalue weighted by Gasteiger charge is 2.23. The van der Waals surface area contributed by atoms with Crippen LogP contribution in [0.1, 0.15) is 36.0 Å². The molecule has 0 atom stereocenters. The maximum absolute atomic E-state index is 12.5. The van der Waals surface area contributed by atoms with Gasteiger partial charge in [-0.05, 0) is 62.1 Å². The minimum absolute atomic E-state index is 0. The highest BCUT2D eigenvalue weighted by Crippen LogP contribution is 2.23. The third-order valence-electron chi connectivity index (χ3n) is 5.34. The third kappa shape index (κ3) is 5.18. The molecule has 1 aliphatic rings. The zero-order valence-electron chi connectivity index (χ0n) is 16.4. The lowest BCUT2D eigenvalue weighted by atomic mass is 9.91. The number of amides is 1. The van der Waals surface area contributed by atoms with Crippen molar-refractivity contribution in [2.75, 3.05) is 12.4 Å². The lowest BCUT2D eigenvalue weighted by Gasteiger charge is -2.30. The molecule has 3 aromatic rings. The van der Waals surface area contributed by atoms with Crippen LogP contribution in [0.2, 0.25) is 0 Å². The van der Waals surface area contributed by atoms with Gasteiger partial charge in [0.1, 0.15) is 11.6 Å². The zero-order valence-corrected chi connectivity index (χ0v) is 17.2. The molecule has 1 amide bonds. The maximum atomic E-state index is 12.5.